The van der Waals surface area contributed by atoms with Crippen molar-refractivity contribution in [3.8, 4) is 16.9 Å². The first-order valence-corrected chi connectivity index (χ1v) is 11.1. The van der Waals surface area contributed by atoms with Crippen molar-refractivity contribution in [1.29, 1.82) is 0 Å². The Balaban J connectivity index is 0.00000144. The third-order valence-electron chi connectivity index (χ3n) is 6.32. The number of benzene rings is 2. The highest BCUT2D eigenvalue weighted by atomic mass is 35.5. The summed E-state index contributed by atoms with van der Waals surface area (Å²) in [6.07, 6.45) is 4.38. The summed E-state index contributed by atoms with van der Waals surface area (Å²) in [5, 5.41) is 4.59. The maximum Gasteiger partial charge on any atom is 0.119 e. The van der Waals surface area contributed by atoms with E-state index >= 15 is 0 Å². The molecule has 2 saturated heterocycles. The van der Waals surface area contributed by atoms with E-state index in [1.807, 2.05) is 12.3 Å². The zero-order valence-electron chi connectivity index (χ0n) is 18.5. The Hall–Kier alpha value is -2.05. The molecule has 2 aliphatic heterocycles. The molecule has 7 heteroatoms. The molecule has 0 amide bonds. The molecule has 0 bridgehead atoms. The Morgan fingerprint density at radius 1 is 0.906 bits per heavy atom. The van der Waals surface area contributed by atoms with Gasteiger partial charge in [0, 0.05) is 43.3 Å². The molecule has 172 valence electrons. The number of hydrogen-bond acceptors (Lipinski definition) is 5. The smallest absolute Gasteiger partial charge is 0.119 e. The maximum absolute atomic E-state index is 6.21. The summed E-state index contributed by atoms with van der Waals surface area (Å²) < 4.78 is 6.21. The fraction of sp³-hybridized carbons (Fsp3) is 0.400. The van der Waals surface area contributed by atoms with Crippen LogP contribution in [-0.2, 0) is 0 Å². The molecule has 3 heterocycles. The minimum Gasteiger partial charge on any atom is -0.490 e. The summed E-state index contributed by atoms with van der Waals surface area (Å²) in [6.45, 7) is 6.28. The summed E-state index contributed by atoms with van der Waals surface area (Å²) in [6, 6.07) is 17.2. The number of piperazine rings is 1. The van der Waals surface area contributed by atoms with Gasteiger partial charge in [0.2, 0.25) is 0 Å². The summed E-state index contributed by atoms with van der Waals surface area (Å²) in [5.41, 5.74) is 4.82. The predicted molar refractivity (Wildman–Crippen MR) is 138 cm³/mol. The van der Waals surface area contributed by atoms with E-state index in [2.05, 4.69) is 64.6 Å². The monoisotopic (exact) mass is 474 g/mol. The van der Waals surface area contributed by atoms with E-state index in [9.17, 15) is 0 Å². The van der Waals surface area contributed by atoms with Gasteiger partial charge >= 0.3 is 0 Å². The van der Waals surface area contributed by atoms with Gasteiger partial charge in [-0.1, -0.05) is 30.3 Å². The van der Waals surface area contributed by atoms with Crippen LogP contribution in [0, 0.1) is 0 Å². The number of fused-ring (bicyclic) bond motifs is 1. The fourth-order valence-electron chi connectivity index (χ4n) is 4.53. The highest BCUT2D eigenvalue weighted by Gasteiger charge is 2.21. The molecule has 0 atom stereocenters. The Bertz CT molecular complexity index is 1000. The van der Waals surface area contributed by atoms with Crippen LogP contribution in [0.25, 0.3) is 22.0 Å². The van der Waals surface area contributed by atoms with Gasteiger partial charge in [0.1, 0.15) is 11.9 Å². The third-order valence-corrected chi connectivity index (χ3v) is 6.32. The Morgan fingerprint density at radius 3 is 2.34 bits per heavy atom. The van der Waals surface area contributed by atoms with Crippen LogP contribution in [0.4, 0.5) is 5.69 Å². The van der Waals surface area contributed by atoms with Gasteiger partial charge in [-0.25, -0.2) is 0 Å². The average Bonchev–Trinajstić information content (AvgIpc) is 2.80. The maximum atomic E-state index is 6.21. The highest BCUT2D eigenvalue weighted by molar-refractivity contribution is 5.99. The van der Waals surface area contributed by atoms with Gasteiger partial charge < -0.3 is 19.9 Å². The fourth-order valence-corrected chi connectivity index (χ4v) is 4.53. The van der Waals surface area contributed by atoms with Crippen LogP contribution in [0.2, 0.25) is 0 Å². The number of halogens is 2. The number of hydrogen-bond donors (Lipinski definition) is 1. The second-order valence-corrected chi connectivity index (χ2v) is 8.42. The van der Waals surface area contributed by atoms with Crippen molar-refractivity contribution in [1.82, 2.24) is 15.2 Å². The van der Waals surface area contributed by atoms with E-state index in [-0.39, 0.29) is 24.8 Å². The minimum absolute atomic E-state index is 0. The molecule has 1 aromatic heterocycles. The standard InChI is InChI=1S/C25H30N4O.2ClH/c1-28-15-17-29(18-16-28)25-23(9-6-20-3-2-12-27-24(20)25)19-4-7-21(8-5-19)30-22-10-13-26-14-11-22;;/h2-9,12,22,26H,10-11,13-18H2,1H3;2*1H. The number of ether oxygens (including phenoxy) is 1. The predicted octanol–water partition coefficient (Wildman–Crippen LogP) is 4.63. The molecular weight excluding hydrogens is 443 g/mol. The largest absolute Gasteiger partial charge is 0.490 e. The van der Waals surface area contributed by atoms with Crippen molar-refractivity contribution in [2.45, 2.75) is 18.9 Å². The number of piperidine rings is 1. The topological polar surface area (TPSA) is 40.6 Å². The van der Waals surface area contributed by atoms with Gasteiger partial charge in [0.05, 0.1) is 11.2 Å². The number of aromatic nitrogens is 1. The van der Waals surface area contributed by atoms with Gasteiger partial charge in [-0.05, 0) is 56.7 Å². The molecule has 2 fully saturated rings. The number of rotatable bonds is 4. The number of anilines is 1. The third kappa shape index (κ3) is 5.29. The van der Waals surface area contributed by atoms with E-state index in [1.165, 1.54) is 22.2 Å². The van der Waals surface area contributed by atoms with Crippen LogP contribution in [0.15, 0.2) is 54.7 Å². The zero-order valence-corrected chi connectivity index (χ0v) is 20.1. The first kappa shape index (κ1) is 24.6. The first-order chi connectivity index (χ1) is 14.8. The molecule has 32 heavy (non-hydrogen) atoms. The van der Waals surface area contributed by atoms with Crippen molar-refractivity contribution in [2.75, 3.05) is 51.2 Å². The lowest BCUT2D eigenvalue weighted by atomic mass is 9.99. The number of nitrogens with one attached hydrogen (secondary N) is 1. The van der Waals surface area contributed by atoms with Crippen molar-refractivity contribution in [2.24, 2.45) is 0 Å². The molecule has 0 unspecified atom stereocenters. The van der Waals surface area contributed by atoms with Gasteiger partial charge in [0.25, 0.3) is 0 Å². The SMILES string of the molecule is CN1CCN(c2c(-c3ccc(OC4CCNCC4)cc3)ccc3cccnc23)CC1.Cl.Cl. The molecule has 2 aromatic carbocycles. The summed E-state index contributed by atoms with van der Waals surface area (Å²) in [5.74, 6) is 0.964. The highest BCUT2D eigenvalue weighted by Crippen LogP contribution is 2.37. The molecule has 1 N–H and O–H groups in total. The van der Waals surface area contributed by atoms with E-state index in [4.69, 9.17) is 9.72 Å². The minimum atomic E-state index is 0. The van der Waals surface area contributed by atoms with Crippen LogP contribution < -0.4 is 15.0 Å². The van der Waals surface area contributed by atoms with Crippen LogP contribution in [0.5, 0.6) is 5.75 Å². The van der Waals surface area contributed by atoms with E-state index in [1.54, 1.807) is 0 Å². The lowest BCUT2D eigenvalue weighted by Gasteiger charge is -2.35. The van der Waals surface area contributed by atoms with E-state index in [0.29, 0.717) is 6.10 Å². The van der Waals surface area contributed by atoms with Crippen LogP contribution >= 0.6 is 24.8 Å². The Labute approximate surface area is 203 Å². The lowest BCUT2D eigenvalue weighted by molar-refractivity contribution is 0.162. The molecule has 0 aliphatic carbocycles. The molecule has 0 saturated carbocycles. The van der Waals surface area contributed by atoms with Crippen molar-refractivity contribution in [3.05, 3.63) is 54.7 Å². The summed E-state index contributed by atoms with van der Waals surface area (Å²) >= 11 is 0. The molecule has 3 aromatic rings. The molecule has 2 aliphatic rings. The first-order valence-electron chi connectivity index (χ1n) is 11.1. The van der Waals surface area contributed by atoms with Gasteiger partial charge in [-0.3, -0.25) is 4.98 Å². The van der Waals surface area contributed by atoms with Gasteiger partial charge in [-0.2, -0.15) is 0 Å². The van der Waals surface area contributed by atoms with E-state index in [0.717, 1.165) is 63.4 Å². The summed E-state index contributed by atoms with van der Waals surface area (Å²) in [4.78, 5) is 9.67. The van der Waals surface area contributed by atoms with E-state index < -0.39 is 0 Å². The Kier molecular flexibility index (Phi) is 8.60. The number of pyridine rings is 1. The Morgan fingerprint density at radius 2 is 1.62 bits per heavy atom. The van der Waals surface area contributed by atoms with Crippen molar-refractivity contribution < 1.29 is 4.74 Å². The van der Waals surface area contributed by atoms with Crippen LogP contribution in [0.1, 0.15) is 12.8 Å². The zero-order chi connectivity index (χ0) is 20.3. The lowest BCUT2D eigenvalue weighted by Crippen LogP contribution is -2.44. The molecular formula is C25H32Cl2N4O. The molecule has 0 radical (unpaired) electrons. The van der Waals surface area contributed by atoms with Crippen LogP contribution in [0.3, 0.4) is 0 Å². The normalized spacial score (nSPS) is 17.5. The summed E-state index contributed by atoms with van der Waals surface area (Å²) in [7, 11) is 2.20. The second-order valence-electron chi connectivity index (χ2n) is 8.42. The van der Waals surface area contributed by atoms with Crippen molar-refractivity contribution in [3.63, 3.8) is 0 Å². The molecule has 0 spiro atoms. The number of nitrogens with zero attached hydrogens (tertiary/aromatic N) is 3. The molecule has 5 rings (SSSR count). The second kappa shape index (κ2) is 11.2. The van der Waals surface area contributed by atoms with Gasteiger partial charge in [-0.15, -0.1) is 24.8 Å². The van der Waals surface area contributed by atoms with Gasteiger partial charge in [0.15, 0.2) is 0 Å². The average molecular weight is 475 g/mol. The van der Waals surface area contributed by atoms with Crippen molar-refractivity contribution >= 4 is 41.4 Å². The molecule has 5 nitrogen and oxygen atoms in total. The van der Waals surface area contributed by atoms with Crippen LogP contribution in [-0.4, -0.2) is 62.3 Å². The number of likely N-dealkylation sites (N-methyl/N-ethyl adjacent to an activating group) is 1. The quantitative estimate of drug-likeness (QED) is 0.596.